The number of hydrogen-bond acceptors (Lipinski definition) is 4. The second-order valence-corrected chi connectivity index (χ2v) is 2.57. The van der Waals surface area contributed by atoms with Crippen LogP contribution in [0, 0.1) is 27.3 Å². The van der Waals surface area contributed by atoms with E-state index in [0.717, 1.165) is 0 Å². The van der Waals surface area contributed by atoms with E-state index < -0.39 is 0 Å². The minimum Gasteiger partial charge on any atom is -0.333 e. The highest BCUT2D eigenvalue weighted by Gasteiger charge is 2.04. The van der Waals surface area contributed by atoms with Crippen LogP contribution in [0.2, 0.25) is 5.15 Å². The van der Waals surface area contributed by atoms with E-state index >= 15 is 0 Å². The van der Waals surface area contributed by atoms with E-state index in [9.17, 15) is 0 Å². The first-order valence-corrected chi connectivity index (χ1v) is 3.57. The number of hydrogen-bond donors (Lipinski definition) is 1. The fourth-order valence-corrected chi connectivity index (χ4v) is 0.870. The molecule has 0 amide bonds. The van der Waals surface area contributed by atoms with Crippen LogP contribution in [0.15, 0.2) is 0 Å². The zero-order valence-electron chi connectivity index (χ0n) is 5.63. The molecule has 1 N–H and O–H groups in total. The van der Waals surface area contributed by atoms with Crippen molar-refractivity contribution >= 4 is 23.8 Å². The van der Waals surface area contributed by atoms with Crippen molar-refractivity contribution in [2.45, 2.75) is 0 Å². The third-order valence-electron chi connectivity index (χ3n) is 1.09. The Kier molecular flexibility index (Phi) is 2.39. The number of nitrogens with one attached hydrogen (secondary N) is 1. The Morgan fingerprint density at radius 3 is 2.58 bits per heavy atom. The molecule has 0 fully saturated rings. The lowest BCUT2D eigenvalue weighted by Gasteiger charge is -1.93. The number of aromatic nitrogens is 2. The Morgan fingerprint density at radius 2 is 2.08 bits per heavy atom. The smallest absolute Gasteiger partial charge is 0.176 e. The van der Waals surface area contributed by atoms with Gasteiger partial charge in [0.05, 0.1) is 0 Å². The van der Waals surface area contributed by atoms with E-state index in [0.29, 0.717) is 0 Å². The number of H-pyrrole nitrogens is 1. The second-order valence-electron chi connectivity index (χ2n) is 1.80. The molecule has 0 aliphatic heterocycles. The highest BCUT2D eigenvalue weighted by Crippen LogP contribution is 2.08. The Balaban J connectivity index is 3.55. The lowest BCUT2D eigenvalue weighted by Crippen LogP contribution is -1.94. The summed E-state index contributed by atoms with van der Waals surface area (Å²) in [4.78, 5) is 6.09. The maximum absolute atomic E-state index is 8.50. The topological polar surface area (TPSA) is 76.3 Å². The second kappa shape index (κ2) is 3.31. The molecule has 6 heteroatoms. The fraction of sp³-hybridized carbons (Fsp3) is 0. The summed E-state index contributed by atoms with van der Waals surface area (Å²) in [7, 11) is 0. The summed E-state index contributed by atoms with van der Waals surface area (Å²) in [5, 5.41) is 17.0. The third kappa shape index (κ3) is 1.42. The summed E-state index contributed by atoms with van der Waals surface area (Å²) >= 11 is 10.2. The van der Waals surface area contributed by atoms with Gasteiger partial charge in [-0.05, 0) is 0 Å². The molecule has 0 aliphatic rings. The largest absolute Gasteiger partial charge is 0.333 e. The van der Waals surface area contributed by atoms with E-state index in [2.05, 4.69) is 9.97 Å². The van der Waals surface area contributed by atoms with Crippen LogP contribution >= 0.6 is 23.8 Å². The van der Waals surface area contributed by atoms with Gasteiger partial charge in [-0.15, -0.1) is 0 Å². The van der Waals surface area contributed by atoms with Crippen LogP contribution in [0.4, 0.5) is 0 Å². The molecular weight excluding hydrogens is 196 g/mol. The van der Waals surface area contributed by atoms with Gasteiger partial charge in [-0.3, -0.25) is 0 Å². The molecule has 0 saturated carbocycles. The van der Waals surface area contributed by atoms with E-state index in [1.54, 1.807) is 12.1 Å². The van der Waals surface area contributed by atoms with Crippen molar-refractivity contribution in [3.05, 3.63) is 21.2 Å². The molecule has 0 aromatic carbocycles. The van der Waals surface area contributed by atoms with Crippen LogP contribution in [0.1, 0.15) is 11.4 Å². The lowest BCUT2D eigenvalue weighted by atomic mass is 10.3. The average Bonchev–Trinajstić information content (AvgIpc) is 2.09. The SMILES string of the molecule is N#Cc1nc(Cl)c(=S)[nH]c1C#N. The summed E-state index contributed by atoms with van der Waals surface area (Å²) in [5.74, 6) is 0. The molecule has 1 aromatic rings. The number of nitriles is 2. The van der Waals surface area contributed by atoms with Crippen LogP contribution in [0.5, 0.6) is 0 Å². The molecule has 58 valence electrons. The third-order valence-corrected chi connectivity index (χ3v) is 1.77. The van der Waals surface area contributed by atoms with Crippen LogP contribution < -0.4 is 0 Å². The average molecular weight is 197 g/mol. The van der Waals surface area contributed by atoms with Gasteiger partial charge in [0.15, 0.2) is 16.5 Å². The van der Waals surface area contributed by atoms with Gasteiger partial charge in [-0.2, -0.15) is 10.5 Å². The highest BCUT2D eigenvalue weighted by atomic mass is 35.5. The molecule has 4 nitrogen and oxygen atoms in total. The summed E-state index contributed by atoms with van der Waals surface area (Å²) in [5.41, 5.74) is -0.0111. The zero-order valence-corrected chi connectivity index (χ0v) is 7.20. The van der Waals surface area contributed by atoms with Gasteiger partial charge in [0.2, 0.25) is 0 Å². The van der Waals surface area contributed by atoms with Gasteiger partial charge in [-0.1, -0.05) is 23.8 Å². The maximum atomic E-state index is 8.50. The van der Waals surface area contributed by atoms with Crippen molar-refractivity contribution in [3.63, 3.8) is 0 Å². The maximum Gasteiger partial charge on any atom is 0.176 e. The van der Waals surface area contributed by atoms with Crippen molar-refractivity contribution in [3.8, 4) is 12.1 Å². The normalized spacial score (nSPS) is 8.58. The predicted octanol–water partition coefficient (Wildman–Crippen LogP) is 1.54. The van der Waals surface area contributed by atoms with E-state index in [1.807, 2.05) is 0 Å². The van der Waals surface area contributed by atoms with Gasteiger partial charge < -0.3 is 4.98 Å². The minimum atomic E-state index is -0.0453. The number of aromatic amines is 1. The Labute approximate surface area is 78.0 Å². The van der Waals surface area contributed by atoms with Gasteiger partial charge >= 0.3 is 0 Å². The van der Waals surface area contributed by atoms with Crippen LogP contribution in [0.3, 0.4) is 0 Å². The highest BCUT2D eigenvalue weighted by molar-refractivity contribution is 7.71. The monoisotopic (exact) mass is 196 g/mol. The first-order valence-electron chi connectivity index (χ1n) is 2.79. The molecule has 1 aromatic heterocycles. The van der Waals surface area contributed by atoms with E-state index in [1.165, 1.54) is 0 Å². The molecule has 0 spiro atoms. The molecule has 12 heavy (non-hydrogen) atoms. The first-order chi connectivity index (χ1) is 5.69. The van der Waals surface area contributed by atoms with Crippen molar-refractivity contribution in [1.29, 1.82) is 10.5 Å². The number of halogens is 1. The number of rotatable bonds is 0. The standard InChI is InChI=1S/C6HClN4S/c7-5-6(12)11-4(2-9)3(1-8)10-5/h(H,11,12). The predicted molar refractivity (Wildman–Crippen MR) is 43.9 cm³/mol. The molecular formula is C6HClN4S. The van der Waals surface area contributed by atoms with Gasteiger partial charge in [0, 0.05) is 0 Å². The molecule has 0 radical (unpaired) electrons. The summed E-state index contributed by atoms with van der Waals surface area (Å²) in [6.45, 7) is 0. The number of nitrogens with zero attached hydrogens (tertiary/aromatic N) is 3. The van der Waals surface area contributed by atoms with Crippen molar-refractivity contribution in [2.75, 3.05) is 0 Å². The molecule has 0 unspecified atom stereocenters. The van der Waals surface area contributed by atoms with Crippen LogP contribution in [-0.2, 0) is 0 Å². The molecule has 0 saturated heterocycles. The zero-order chi connectivity index (χ0) is 9.14. The van der Waals surface area contributed by atoms with E-state index in [4.69, 9.17) is 34.3 Å². The Bertz CT molecular complexity index is 450. The fourth-order valence-electron chi connectivity index (χ4n) is 0.591. The van der Waals surface area contributed by atoms with Crippen molar-refractivity contribution < 1.29 is 0 Å². The lowest BCUT2D eigenvalue weighted by molar-refractivity contribution is 1.11. The van der Waals surface area contributed by atoms with Crippen molar-refractivity contribution in [2.24, 2.45) is 0 Å². The van der Waals surface area contributed by atoms with Gasteiger partial charge in [0.1, 0.15) is 16.8 Å². The molecule has 0 bridgehead atoms. The molecule has 0 aliphatic carbocycles. The summed E-state index contributed by atoms with van der Waals surface area (Å²) < 4.78 is 0.159. The van der Waals surface area contributed by atoms with Gasteiger partial charge in [-0.25, -0.2) is 4.98 Å². The molecule has 1 heterocycles. The van der Waals surface area contributed by atoms with Gasteiger partial charge in [0.25, 0.3) is 0 Å². The van der Waals surface area contributed by atoms with Crippen LogP contribution in [-0.4, -0.2) is 9.97 Å². The summed E-state index contributed by atoms with van der Waals surface area (Å²) in [6, 6.07) is 3.47. The van der Waals surface area contributed by atoms with E-state index in [-0.39, 0.29) is 21.2 Å². The Hall–Kier alpha value is -1.43. The summed E-state index contributed by atoms with van der Waals surface area (Å²) in [6.07, 6.45) is 0. The molecule has 1 rings (SSSR count). The molecule has 0 atom stereocenters. The minimum absolute atomic E-state index is 0.0283. The van der Waals surface area contributed by atoms with Crippen molar-refractivity contribution in [1.82, 2.24) is 9.97 Å². The first kappa shape index (κ1) is 8.66. The quantitative estimate of drug-likeness (QED) is 0.639. The van der Waals surface area contributed by atoms with Crippen LogP contribution in [0.25, 0.3) is 0 Å². The Morgan fingerprint density at radius 1 is 1.42 bits per heavy atom.